The number of rotatable bonds is 4. The SMILES string of the molecule is CCC1CCC(n2ncnc2CNC)CC1. The average Bonchev–Trinajstić information content (AvgIpc) is 2.78. The van der Waals surface area contributed by atoms with Crippen molar-refractivity contribution in [2.45, 2.75) is 51.6 Å². The van der Waals surface area contributed by atoms with Gasteiger partial charge in [0.15, 0.2) is 0 Å². The van der Waals surface area contributed by atoms with Gasteiger partial charge in [-0.3, -0.25) is 0 Å². The first-order chi connectivity index (χ1) is 7.85. The molecular formula is C12H22N4. The first kappa shape index (κ1) is 11.6. The topological polar surface area (TPSA) is 42.7 Å². The van der Waals surface area contributed by atoms with E-state index in [0.717, 1.165) is 18.3 Å². The minimum atomic E-state index is 0.577. The maximum atomic E-state index is 4.37. The molecule has 4 nitrogen and oxygen atoms in total. The zero-order chi connectivity index (χ0) is 11.4. The molecule has 1 aromatic rings. The molecule has 4 heteroatoms. The Morgan fingerprint density at radius 2 is 2.12 bits per heavy atom. The van der Waals surface area contributed by atoms with Crippen LogP contribution in [0.2, 0.25) is 0 Å². The summed E-state index contributed by atoms with van der Waals surface area (Å²) in [5.74, 6) is 2.01. The van der Waals surface area contributed by atoms with E-state index in [1.807, 2.05) is 7.05 Å². The largest absolute Gasteiger partial charge is 0.313 e. The van der Waals surface area contributed by atoms with Gasteiger partial charge < -0.3 is 5.32 Å². The Kier molecular flexibility index (Phi) is 3.93. The number of nitrogens with one attached hydrogen (secondary N) is 1. The Bertz CT molecular complexity index is 313. The fourth-order valence-electron chi connectivity index (χ4n) is 2.66. The second kappa shape index (κ2) is 5.43. The highest BCUT2D eigenvalue weighted by Crippen LogP contribution is 2.33. The van der Waals surface area contributed by atoms with Crippen LogP contribution in [0.3, 0.4) is 0 Å². The molecule has 0 bridgehead atoms. The zero-order valence-corrected chi connectivity index (χ0v) is 10.3. The second-order valence-corrected chi connectivity index (χ2v) is 4.73. The molecule has 16 heavy (non-hydrogen) atoms. The maximum Gasteiger partial charge on any atom is 0.141 e. The molecule has 1 aromatic heterocycles. The highest BCUT2D eigenvalue weighted by Gasteiger charge is 2.23. The highest BCUT2D eigenvalue weighted by atomic mass is 15.4. The van der Waals surface area contributed by atoms with E-state index in [4.69, 9.17) is 0 Å². The average molecular weight is 222 g/mol. The van der Waals surface area contributed by atoms with Crippen molar-refractivity contribution >= 4 is 0 Å². The fourth-order valence-corrected chi connectivity index (χ4v) is 2.66. The van der Waals surface area contributed by atoms with Crippen molar-refractivity contribution in [3.8, 4) is 0 Å². The normalized spacial score (nSPS) is 25.9. The van der Waals surface area contributed by atoms with E-state index in [2.05, 4.69) is 27.0 Å². The molecule has 1 aliphatic carbocycles. The molecule has 1 aliphatic rings. The molecule has 0 unspecified atom stereocenters. The Balaban J connectivity index is 1.99. The summed E-state index contributed by atoms with van der Waals surface area (Å²) in [6, 6.07) is 0.577. The smallest absolute Gasteiger partial charge is 0.141 e. The van der Waals surface area contributed by atoms with E-state index in [1.165, 1.54) is 32.1 Å². The molecule has 1 N–H and O–H groups in total. The molecular weight excluding hydrogens is 200 g/mol. The molecule has 0 saturated heterocycles. The summed E-state index contributed by atoms with van der Waals surface area (Å²) < 4.78 is 2.13. The van der Waals surface area contributed by atoms with Gasteiger partial charge in [-0.25, -0.2) is 9.67 Å². The third-order valence-electron chi connectivity index (χ3n) is 3.72. The lowest BCUT2D eigenvalue weighted by molar-refractivity contribution is 0.251. The van der Waals surface area contributed by atoms with Gasteiger partial charge in [-0.05, 0) is 38.6 Å². The summed E-state index contributed by atoms with van der Waals surface area (Å²) >= 11 is 0. The van der Waals surface area contributed by atoms with Gasteiger partial charge in [-0.15, -0.1) is 0 Å². The van der Waals surface area contributed by atoms with E-state index >= 15 is 0 Å². The summed E-state index contributed by atoms with van der Waals surface area (Å²) in [6.07, 6.45) is 8.23. The Morgan fingerprint density at radius 1 is 1.38 bits per heavy atom. The van der Waals surface area contributed by atoms with Crippen LogP contribution in [0.25, 0.3) is 0 Å². The fraction of sp³-hybridized carbons (Fsp3) is 0.833. The van der Waals surface area contributed by atoms with Gasteiger partial charge in [0.1, 0.15) is 12.2 Å². The van der Waals surface area contributed by atoms with Crippen molar-refractivity contribution in [2.75, 3.05) is 7.05 Å². The summed E-state index contributed by atoms with van der Waals surface area (Å²) in [5, 5.41) is 7.52. The van der Waals surface area contributed by atoms with Crippen LogP contribution in [0.1, 0.15) is 50.9 Å². The summed E-state index contributed by atoms with van der Waals surface area (Å²) in [5.41, 5.74) is 0. The van der Waals surface area contributed by atoms with Gasteiger partial charge in [0.05, 0.1) is 12.6 Å². The summed E-state index contributed by atoms with van der Waals surface area (Å²) in [6.45, 7) is 3.11. The molecule has 0 aliphatic heterocycles. The highest BCUT2D eigenvalue weighted by molar-refractivity contribution is 4.88. The molecule has 0 amide bonds. The predicted octanol–water partition coefficient (Wildman–Crippen LogP) is 2.14. The maximum absolute atomic E-state index is 4.37. The van der Waals surface area contributed by atoms with Crippen LogP contribution in [0.4, 0.5) is 0 Å². The van der Waals surface area contributed by atoms with Gasteiger partial charge in [0.25, 0.3) is 0 Å². The Labute approximate surface area is 97.5 Å². The van der Waals surface area contributed by atoms with Crippen molar-refractivity contribution in [2.24, 2.45) is 5.92 Å². The van der Waals surface area contributed by atoms with Crippen LogP contribution in [0, 0.1) is 5.92 Å². The van der Waals surface area contributed by atoms with Gasteiger partial charge in [-0.1, -0.05) is 13.3 Å². The lowest BCUT2D eigenvalue weighted by atomic mass is 9.84. The Hall–Kier alpha value is -0.900. The number of nitrogens with zero attached hydrogens (tertiary/aromatic N) is 3. The second-order valence-electron chi connectivity index (χ2n) is 4.73. The van der Waals surface area contributed by atoms with E-state index in [1.54, 1.807) is 6.33 Å². The van der Waals surface area contributed by atoms with Gasteiger partial charge >= 0.3 is 0 Å². The molecule has 0 aromatic carbocycles. The van der Waals surface area contributed by atoms with E-state index in [9.17, 15) is 0 Å². The zero-order valence-electron chi connectivity index (χ0n) is 10.3. The monoisotopic (exact) mass is 222 g/mol. The van der Waals surface area contributed by atoms with Crippen LogP contribution in [0.5, 0.6) is 0 Å². The standard InChI is InChI=1S/C12H22N4/c1-3-10-4-6-11(7-5-10)16-12(8-13-2)14-9-15-16/h9-11,13H,3-8H2,1-2H3. The molecule has 90 valence electrons. The van der Waals surface area contributed by atoms with Crippen molar-refractivity contribution in [3.05, 3.63) is 12.2 Å². The van der Waals surface area contributed by atoms with Gasteiger partial charge in [0.2, 0.25) is 0 Å². The molecule has 1 fully saturated rings. The number of hydrogen-bond donors (Lipinski definition) is 1. The van der Waals surface area contributed by atoms with E-state index in [-0.39, 0.29) is 0 Å². The van der Waals surface area contributed by atoms with Crippen molar-refractivity contribution in [1.82, 2.24) is 20.1 Å². The third kappa shape index (κ3) is 2.43. The quantitative estimate of drug-likeness (QED) is 0.848. The van der Waals surface area contributed by atoms with Gasteiger partial charge in [-0.2, -0.15) is 5.10 Å². The van der Waals surface area contributed by atoms with Crippen molar-refractivity contribution in [1.29, 1.82) is 0 Å². The van der Waals surface area contributed by atoms with Crippen molar-refractivity contribution < 1.29 is 0 Å². The molecule has 0 radical (unpaired) electrons. The molecule has 1 saturated carbocycles. The molecule has 0 atom stereocenters. The third-order valence-corrected chi connectivity index (χ3v) is 3.72. The minimum absolute atomic E-state index is 0.577. The van der Waals surface area contributed by atoms with Crippen LogP contribution in [-0.4, -0.2) is 21.8 Å². The van der Waals surface area contributed by atoms with Crippen LogP contribution in [0.15, 0.2) is 6.33 Å². The summed E-state index contributed by atoms with van der Waals surface area (Å²) in [4.78, 5) is 4.31. The molecule has 2 rings (SSSR count). The van der Waals surface area contributed by atoms with Crippen LogP contribution in [-0.2, 0) is 6.54 Å². The number of aromatic nitrogens is 3. The first-order valence-corrected chi connectivity index (χ1v) is 6.38. The van der Waals surface area contributed by atoms with Crippen LogP contribution >= 0.6 is 0 Å². The lowest BCUT2D eigenvalue weighted by Crippen LogP contribution is -2.22. The molecule has 1 heterocycles. The molecule has 0 spiro atoms. The van der Waals surface area contributed by atoms with Crippen molar-refractivity contribution in [3.63, 3.8) is 0 Å². The summed E-state index contributed by atoms with van der Waals surface area (Å²) in [7, 11) is 1.95. The Morgan fingerprint density at radius 3 is 2.75 bits per heavy atom. The van der Waals surface area contributed by atoms with E-state index < -0.39 is 0 Å². The first-order valence-electron chi connectivity index (χ1n) is 6.38. The van der Waals surface area contributed by atoms with Crippen LogP contribution < -0.4 is 5.32 Å². The predicted molar refractivity (Wildman–Crippen MR) is 64.1 cm³/mol. The lowest BCUT2D eigenvalue weighted by Gasteiger charge is -2.28. The number of hydrogen-bond acceptors (Lipinski definition) is 3. The van der Waals surface area contributed by atoms with Gasteiger partial charge in [0, 0.05) is 0 Å². The van der Waals surface area contributed by atoms with E-state index in [0.29, 0.717) is 6.04 Å². The minimum Gasteiger partial charge on any atom is -0.313 e.